The smallest absolute Gasteiger partial charge is 0.268 e. The van der Waals surface area contributed by atoms with Crippen LogP contribution in [0, 0.1) is 0 Å². The first-order valence-corrected chi connectivity index (χ1v) is 9.38. The molecule has 0 radical (unpaired) electrons. The highest BCUT2D eigenvalue weighted by atomic mass is 16.4. The Morgan fingerprint density at radius 1 is 0.967 bits per heavy atom. The van der Waals surface area contributed by atoms with E-state index < -0.39 is 0 Å². The molecule has 0 saturated carbocycles. The van der Waals surface area contributed by atoms with Gasteiger partial charge in [0, 0.05) is 30.9 Å². The Bertz CT molecular complexity index is 1180. The van der Waals surface area contributed by atoms with Crippen molar-refractivity contribution in [3.05, 3.63) is 78.6 Å². The lowest BCUT2D eigenvalue weighted by molar-refractivity contribution is 0.282. The van der Waals surface area contributed by atoms with Crippen LogP contribution in [0.3, 0.4) is 0 Å². The van der Waals surface area contributed by atoms with Gasteiger partial charge in [-0.1, -0.05) is 43.0 Å². The van der Waals surface area contributed by atoms with Gasteiger partial charge in [0.25, 0.3) is 5.89 Å². The van der Waals surface area contributed by atoms with Gasteiger partial charge in [0.05, 0.1) is 24.7 Å². The highest BCUT2D eigenvalue weighted by Crippen LogP contribution is 2.26. The molecule has 4 rings (SSSR count). The number of benzene rings is 2. The summed E-state index contributed by atoms with van der Waals surface area (Å²) >= 11 is 0. The molecule has 0 amide bonds. The molecule has 0 saturated heterocycles. The van der Waals surface area contributed by atoms with E-state index in [9.17, 15) is 5.11 Å². The molecular weight excluding hydrogens is 378 g/mol. The first-order chi connectivity index (χ1) is 14.5. The minimum Gasteiger partial charge on any atom is -0.415 e. The number of hydrogen-bond acceptors (Lipinski definition) is 7. The monoisotopic (exact) mass is 399 g/mol. The van der Waals surface area contributed by atoms with Gasteiger partial charge in [-0.25, -0.2) is 4.98 Å². The predicted molar refractivity (Wildman–Crippen MR) is 115 cm³/mol. The van der Waals surface area contributed by atoms with Crippen molar-refractivity contribution in [1.82, 2.24) is 25.1 Å². The maximum absolute atomic E-state index is 9.31. The molecule has 0 unspecified atom stereocenters. The molecule has 2 aromatic heterocycles. The SMILES string of the molecule is C=C(c1ccc(-c2cncc(-c3nnc(-c4cccc(CO)c4)o3)n2)cc1)N(C)C. The minimum atomic E-state index is -0.0525. The number of aliphatic hydroxyl groups excluding tert-OH is 1. The van der Waals surface area contributed by atoms with Crippen LogP contribution in [0.2, 0.25) is 0 Å². The van der Waals surface area contributed by atoms with Crippen molar-refractivity contribution in [3.63, 3.8) is 0 Å². The maximum Gasteiger partial charge on any atom is 0.268 e. The zero-order chi connectivity index (χ0) is 21.1. The number of rotatable bonds is 6. The van der Waals surface area contributed by atoms with E-state index in [4.69, 9.17) is 4.42 Å². The molecule has 7 heteroatoms. The van der Waals surface area contributed by atoms with Gasteiger partial charge in [-0.2, -0.15) is 0 Å². The second-order valence-electron chi connectivity index (χ2n) is 6.98. The summed E-state index contributed by atoms with van der Waals surface area (Å²) in [5.74, 6) is 0.644. The maximum atomic E-state index is 9.31. The van der Waals surface area contributed by atoms with Crippen molar-refractivity contribution in [3.8, 4) is 34.3 Å². The van der Waals surface area contributed by atoms with E-state index in [1.165, 1.54) is 0 Å². The number of hydrogen-bond donors (Lipinski definition) is 1. The lowest BCUT2D eigenvalue weighted by atomic mass is 10.1. The molecule has 0 bridgehead atoms. The van der Waals surface area contributed by atoms with E-state index in [2.05, 4.69) is 26.7 Å². The molecule has 4 aromatic rings. The van der Waals surface area contributed by atoms with Crippen molar-refractivity contribution in [2.75, 3.05) is 14.1 Å². The Balaban J connectivity index is 1.61. The molecular formula is C23H21N5O2. The highest BCUT2D eigenvalue weighted by molar-refractivity contribution is 5.67. The van der Waals surface area contributed by atoms with Crippen molar-refractivity contribution < 1.29 is 9.52 Å². The van der Waals surface area contributed by atoms with E-state index in [1.807, 2.05) is 67.5 Å². The summed E-state index contributed by atoms with van der Waals surface area (Å²) in [6, 6.07) is 15.3. The van der Waals surface area contributed by atoms with Gasteiger partial charge in [-0.15, -0.1) is 10.2 Å². The van der Waals surface area contributed by atoms with Crippen LogP contribution < -0.4 is 0 Å². The quantitative estimate of drug-likeness (QED) is 0.526. The van der Waals surface area contributed by atoms with Crippen molar-refractivity contribution >= 4 is 5.70 Å². The topological polar surface area (TPSA) is 88.2 Å². The predicted octanol–water partition coefficient (Wildman–Crippen LogP) is 3.89. The van der Waals surface area contributed by atoms with Crippen LogP contribution in [-0.2, 0) is 6.61 Å². The summed E-state index contributed by atoms with van der Waals surface area (Å²) in [7, 11) is 3.92. The molecule has 0 aliphatic carbocycles. The lowest BCUT2D eigenvalue weighted by Crippen LogP contribution is -2.08. The van der Waals surface area contributed by atoms with Crippen molar-refractivity contribution in [2.45, 2.75) is 6.61 Å². The minimum absolute atomic E-state index is 0.0525. The summed E-state index contributed by atoms with van der Waals surface area (Å²) in [5, 5.41) is 17.5. The number of aromatic nitrogens is 4. The van der Waals surface area contributed by atoms with Crippen LogP contribution in [0.5, 0.6) is 0 Å². The van der Waals surface area contributed by atoms with Gasteiger partial charge in [0.15, 0.2) is 0 Å². The Hall–Kier alpha value is -3.84. The molecule has 30 heavy (non-hydrogen) atoms. The lowest BCUT2D eigenvalue weighted by Gasteiger charge is -2.15. The van der Waals surface area contributed by atoms with E-state index in [0.29, 0.717) is 17.3 Å². The molecule has 150 valence electrons. The van der Waals surface area contributed by atoms with E-state index in [1.54, 1.807) is 12.4 Å². The second-order valence-corrected chi connectivity index (χ2v) is 6.98. The van der Waals surface area contributed by atoms with Gasteiger partial charge in [-0.05, 0) is 23.3 Å². The Kier molecular flexibility index (Phi) is 5.36. The van der Waals surface area contributed by atoms with Crippen molar-refractivity contribution in [2.24, 2.45) is 0 Å². The van der Waals surface area contributed by atoms with Gasteiger partial charge < -0.3 is 14.4 Å². The standard InChI is InChI=1S/C23H21N5O2/c1-15(28(2)3)17-7-9-18(10-8-17)20-12-24-13-21(25-20)23-27-26-22(30-23)19-6-4-5-16(11-19)14-29/h4-13,29H,1,14H2,2-3H3. The van der Waals surface area contributed by atoms with E-state index in [0.717, 1.165) is 28.0 Å². The van der Waals surface area contributed by atoms with E-state index in [-0.39, 0.29) is 12.5 Å². The summed E-state index contributed by atoms with van der Waals surface area (Å²) in [4.78, 5) is 10.9. The third-order valence-electron chi connectivity index (χ3n) is 4.69. The fraction of sp³-hybridized carbons (Fsp3) is 0.130. The molecule has 2 heterocycles. The van der Waals surface area contributed by atoms with Crippen LogP contribution in [-0.4, -0.2) is 44.3 Å². The zero-order valence-corrected chi connectivity index (χ0v) is 16.8. The van der Waals surface area contributed by atoms with Crippen LogP contribution >= 0.6 is 0 Å². The average Bonchev–Trinajstić information content (AvgIpc) is 3.29. The Morgan fingerprint density at radius 3 is 2.43 bits per heavy atom. The molecule has 0 aliphatic rings. The normalized spacial score (nSPS) is 10.8. The van der Waals surface area contributed by atoms with Crippen LogP contribution in [0.1, 0.15) is 11.1 Å². The summed E-state index contributed by atoms with van der Waals surface area (Å²) < 4.78 is 5.80. The largest absolute Gasteiger partial charge is 0.415 e. The molecule has 0 spiro atoms. The van der Waals surface area contributed by atoms with Crippen LogP contribution in [0.15, 0.2) is 71.9 Å². The zero-order valence-electron chi connectivity index (χ0n) is 16.8. The summed E-state index contributed by atoms with van der Waals surface area (Å²) in [5.41, 5.74) is 5.61. The van der Waals surface area contributed by atoms with Gasteiger partial charge in [0.1, 0.15) is 5.69 Å². The highest BCUT2D eigenvalue weighted by Gasteiger charge is 2.14. The average molecular weight is 399 g/mol. The molecule has 0 atom stereocenters. The molecule has 1 N–H and O–H groups in total. The first kappa shape index (κ1) is 19.5. The third-order valence-corrected chi connectivity index (χ3v) is 4.69. The van der Waals surface area contributed by atoms with Crippen molar-refractivity contribution in [1.29, 1.82) is 0 Å². The van der Waals surface area contributed by atoms with E-state index >= 15 is 0 Å². The van der Waals surface area contributed by atoms with Crippen LogP contribution in [0.25, 0.3) is 40.0 Å². The fourth-order valence-electron chi connectivity index (χ4n) is 2.95. The van der Waals surface area contributed by atoms with Crippen LogP contribution in [0.4, 0.5) is 0 Å². The molecule has 7 nitrogen and oxygen atoms in total. The number of aliphatic hydroxyl groups is 1. The Labute approximate surface area is 174 Å². The molecule has 2 aromatic carbocycles. The van der Waals surface area contributed by atoms with Gasteiger partial charge in [0.2, 0.25) is 5.89 Å². The third kappa shape index (κ3) is 3.97. The molecule has 0 aliphatic heterocycles. The summed E-state index contributed by atoms with van der Waals surface area (Å²) in [6.07, 6.45) is 3.29. The summed E-state index contributed by atoms with van der Waals surface area (Å²) in [6.45, 7) is 4.02. The second kappa shape index (κ2) is 8.26. The first-order valence-electron chi connectivity index (χ1n) is 9.38. The molecule has 0 fully saturated rings. The van der Waals surface area contributed by atoms with Gasteiger partial charge in [-0.3, -0.25) is 4.98 Å². The fourth-order valence-corrected chi connectivity index (χ4v) is 2.95. The van der Waals surface area contributed by atoms with Gasteiger partial charge >= 0.3 is 0 Å². The Morgan fingerprint density at radius 2 is 1.70 bits per heavy atom. The number of nitrogens with zero attached hydrogens (tertiary/aromatic N) is 5.